The van der Waals surface area contributed by atoms with Crippen LogP contribution in [0.4, 0.5) is 0 Å². The first-order valence-corrected chi connectivity index (χ1v) is 7.12. The summed E-state index contributed by atoms with van der Waals surface area (Å²) in [5.74, 6) is 0.770. The summed E-state index contributed by atoms with van der Waals surface area (Å²) in [5.41, 5.74) is 1.15. The van der Waals surface area contributed by atoms with E-state index in [1.165, 1.54) is 0 Å². The van der Waals surface area contributed by atoms with Crippen molar-refractivity contribution < 1.29 is 4.74 Å². The molecular formula is C15H24ClNO. The third kappa shape index (κ3) is 4.51. The lowest BCUT2D eigenvalue weighted by Crippen LogP contribution is -2.41. The highest BCUT2D eigenvalue weighted by molar-refractivity contribution is 6.32. The number of hydrogen-bond donors (Lipinski definition) is 1. The van der Waals surface area contributed by atoms with Gasteiger partial charge in [0.15, 0.2) is 0 Å². The summed E-state index contributed by atoms with van der Waals surface area (Å²) >= 11 is 6.18. The molecule has 2 unspecified atom stereocenters. The molecule has 0 aliphatic rings. The Balaban J connectivity index is 2.64. The summed E-state index contributed by atoms with van der Waals surface area (Å²) < 4.78 is 5.96. The lowest BCUT2D eigenvalue weighted by Gasteiger charge is -2.25. The fourth-order valence-electron chi connectivity index (χ4n) is 1.96. The van der Waals surface area contributed by atoms with Crippen LogP contribution in [-0.2, 0) is 0 Å². The summed E-state index contributed by atoms with van der Waals surface area (Å²) in [6, 6.07) is 6.27. The molecule has 0 radical (unpaired) electrons. The van der Waals surface area contributed by atoms with Crippen LogP contribution in [0, 0.1) is 6.92 Å². The Labute approximate surface area is 116 Å². The van der Waals surface area contributed by atoms with Crippen LogP contribution < -0.4 is 10.1 Å². The first-order chi connectivity index (χ1) is 8.58. The van der Waals surface area contributed by atoms with Crippen molar-refractivity contribution in [2.75, 3.05) is 6.54 Å². The first-order valence-electron chi connectivity index (χ1n) is 6.74. The van der Waals surface area contributed by atoms with Crippen LogP contribution in [-0.4, -0.2) is 18.7 Å². The molecular weight excluding hydrogens is 246 g/mol. The Morgan fingerprint density at radius 2 is 2.06 bits per heavy atom. The average molecular weight is 270 g/mol. The van der Waals surface area contributed by atoms with Gasteiger partial charge >= 0.3 is 0 Å². The summed E-state index contributed by atoms with van der Waals surface area (Å²) in [5, 5.41) is 4.19. The molecule has 0 bridgehead atoms. The van der Waals surface area contributed by atoms with Gasteiger partial charge in [-0.05, 0) is 50.9 Å². The van der Waals surface area contributed by atoms with E-state index in [0.29, 0.717) is 11.1 Å². The van der Waals surface area contributed by atoms with Crippen LogP contribution in [0.25, 0.3) is 0 Å². The zero-order chi connectivity index (χ0) is 13.5. The van der Waals surface area contributed by atoms with Crippen LogP contribution >= 0.6 is 11.6 Å². The van der Waals surface area contributed by atoms with E-state index in [9.17, 15) is 0 Å². The minimum atomic E-state index is 0.113. The molecule has 0 aliphatic carbocycles. The molecule has 0 amide bonds. The zero-order valence-electron chi connectivity index (χ0n) is 11.8. The van der Waals surface area contributed by atoms with E-state index in [1.54, 1.807) is 0 Å². The van der Waals surface area contributed by atoms with Gasteiger partial charge in [0.2, 0.25) is 0 Å². The second-order valence-electron chi connectivity index (χ2n) is 4.73. The molecule has 0 saturated heterocycles. The lowest BCUT2D eigenvalue weighted by atomic mass is 10.1. The van der Waals surface area contributed by atoms with E-state index < -0.39 is 0 Å². The highest BCUT2D eigenvalue weighted by Crippen LogP contribution is 2.26. The Kier molecular flexibility index (Phi) is 6.51. The maximum atomic E-state index is 6.18. The molecule has 1 aromatic carbocycles. The maximum absolute atomic E-state index is 6.18. The van der Waals surface area contributed by atoms with Gasteiger partial charge in [0.05, 0.1) is 5.02 Å². The molecule has 0 heterocycles. The summed E-state index contributed by atoms with van der Waals surface area (Å²) in [6.07, 6.45) is 2.29. The SMILES string of the molecule is CCCNC(CC)C(C)Oc1ccc(C)cc1Cl. The molecule has 2 atom stereocenters. The van der Waals surface area contributed by atoms with Gasteiger partial charge in [-0.25, -0.2) is 0 Å². The Hall–Kier alpha value is -0.730. The molecule has 102 valence electrons. The molecule has 1 rings (SSSR count). The van der Waals surface area contributed by atoms with Crippen molar-refractivity contribution in [2.45, 2.75) is 52.7 Å². The fourth-order valence-corrected chi connectivity index (χ4v) is 2.24. The predicted molar refractivity (Wildman–Crippen MR) is 78.7 cm³/mol. The minimum absolute atomic E-state index is 0.113. The van der Waals surface area contributed by atoms with Crippen molar-refractivity contribution in [3.63, 3.8) is 0 Å². The van der Waals surface area contributed by atoms with E-state index in [-0.39, 0.29) is 6.10 Å². The number of benzene rings is 1. The summed E-state index contributed by atoms with van der Waals surface area (Å²) in [4.78, 5) is 0. The number of ether oxygens (including phenoxy) is 1. The summed E-state index contributed by atoms with van der Waals surface area (Å²) in [7, 11) is 0. The second-order valence-corrected chi connectivity index (χ2v) is 5.13. The van der Waals surface area contributed by atoms with E-state index in [4.69, 9.17) is 16.3 Å². The van der Waals surface area contributed by atoms with Crippen LogP contribution in [0.5, 0.6) is 5.75 Å². The van der Waals surface area contributed by atoms with Crippen LogP contribution in [0.2, 0.25) is 5.02 Å². The van der Waals surface area contributed by atoms with Crippen molar-refractivity contribution >= 4 is 11.6 Å². The Bertz CT molecular complexity index is 368. The molecule has 3 heteroatoms. The van der Waals surface area contributed by atoms with Crippen molar-refractivity contribution in [1.82, 2.24) is 5.32 Å². The first kappa shape index (κ1) is 15.3. The number of nitrogens with one attached hydrogen (secondary N) is 1. The molecule has 0 fully saturated rings. The lowest BCUT2D eigenvalue weighted by molar-refractivity contribution is 0.167. The minimum Gasteiger partial charge on any atom is -0.488 e. The van der Waals surface area contributed by atoms with Gasteiger partial charge in [-0.1, -0.05) is 31.5 Å². The van der Waals surface area contributed by atoms with Gasteiger partial charge in [0.25, 0.3) is 0 Å². The van der Waals surface area contributed by atoms with Gasteiger partial charge in [0.1, 0.15) is 11.9 Å². The monoisotopic (exact) mass is 269 g/mol. The maximum Gasteiger partial charge on any atom is 0.138 e. The molecule has 18 heavy (non-hydrogen) atoms. The average Bonchev–Trinajstić information content (AvgIpc) is 2.34. The Morgan fingerprint density at radius 3 is 2.61 bits per heavy atom. The normalized spacial score (nSPS) is 14.3. The Morgan fingerprint density at radius 1 is 1.33 bits per heavy atom. The van der Waals surface area contributed by atoms with Crippen LogP contribution in [0.3, 0.4) is 0 Å². The smallest absolute Gasteiger partial charge is 0.138 e. The number of rotatable bonds is 7. The van der Waals surface area contributed by atoms with Gasteiger partial charge in [-0.15, -0.1) is 0 Å². The number of hydrogen-bond acceptors (Lipinski definition) is 2. The highest BCUT2D eigenvalue weighted by Gasteiger charge is 2.17. The molecule has 2 nitrogen and oxygen atoms in total. The third-order valence-corrected chi connectivity index (χ3v) is 3.36. The van der Waals surface area contributed by atoms with Gasteiger partial charge in [0, 0.05) is 6.04 Å². The van der Waals surface area contributed by atoms with Crippen LogP contribution in [0.15, 0.2) is 18.2 Å². The van der Waals surface area contributed by atoms with E-state index in [0.717, 1.165) is 30.7 Å². The van der Waals surface area contributed by atoms with Gasteiger partial charge in [-0.3, -0.25) is 0 Å². The van der Waals surface area contributed by atoms with Crippen LogP contribution in [0.1, 0.15) is 39.2 Å². The molecule has 0 aromatic heterocycles. The summed E-state index contributed by atoms with van der Waals surface area (Å²) in [6.45, 7) is 9.48. The predicted octanol–water partition coefficient (Wildman–Crippen LogP) is 4.19. The number of aryl methyl sites for hydroxylation is 1. The second kappa shape index (κ2) is 7.65. The van der Waals surface area contributed by atoms with Crippen molar-refractivity contribution in [1.29, 1.82) is 0 Å². The van der Waals surface area contributed by atoms with E-state index in [2.05, 4.69) is 26.1 Å². The highest BCUT2D eigenvalue weighted by atomic mass is 35.5. The van der Waals surface area contributed by atoms with Crippen molar-refractivity contribution in [2.24, 2.45) is 0 Å². The molecule has 1 N–H and O–H groups in total. The largest absolute Gasteiger partial charge is 0.488 e. The molecule has 0 spiro atoms. The van der Waals surface area contributed by atoms with Gasteiger partial charge < -0.3 is 10.1 Å². The molecule has 0 saturated carbocycles. The van der Waals surface area contributed by atoms with Gasteiger partial charge in [-0.2, -0.15) is 0 Å². The fraction of sp³-hybridized carbons (Fsp3) is 0.600. The van der Waals surface area contributed by atoms with E-state index >= 15 is 0 Å². The standard InChI is InChI=1S/C15H24ClNO/c1-5-9-17-14(6-2)12(4)18-15-8-7-11(3)10-13(15)16/h7-8,10,12,14,17H,5-6,9H2,1-4H3. The van der Waals surface area contributed by atoms with Crippen molar-refractivity contribution in [3.8, 4) is 5.75 Å². The topological polar surface area (TPSA) is 21.3 Å². The zero-order valence-corrected chi connectivity index (χ0v) is 12.6. The third-order valence-electron chi connectivity index (χ3n) is 3.06. The van der Waals surface area contributed by atoms with Crippen molar-refractivity contribution in [3.05, 3.63) is 28.8 Å². The molecule has 0 aliphatic heterocycles. The quantitative estimate of drug-likeness (QED) is 0.801. The van der Waals surface area contributed by atoms with E-state index in [1.807, 2.05) is 25.1 Å². The molecule has 1 aromatic rings. The number of halogens is 1.